The number of ether oxygens (including phenoxy) is 1. The normalized spacial score (nSPS) is 13.6. The van der Waals surface area contributed by atoms with Gasteiger partial charge in [0.15, 0.2) is 0 Å². The lowest BCUT2D eigenvalue weighted by Crippen LogP contribution is -2.30. The molecule has 0 spiro atoms. The number of hydrogen-bond acceptors (Lipinski definition) is 4. The number of benzene rings is 2. The number of carbonyl (C=O) groups is 3. The molecule has 0 aliphatic carbocycles. The lowest BCUT2D eigenvalue weighted by Gasteiger charge is -2.19. The maximum absolute atomic E-state index is 13.2. The zero-order valence-corrected chi connectivity index (χ0v) is 15.7. The van der Waals surface area contributed by atoms with Crippen LogP contribution in [0, 0.1) is 5.82 Å². The summed E-state index contributed by atoms with van der Waals surface area (Å²) in [4.78, 5) is 37.8. The summed E-state index contributed by atoms with van der Waals surface area (Å²) in [6.07, 6.45) is 0.608. The molecule has 1 heterocycles. The van der Waals surface area contributed by atoms with E-state index in [9.17, 15) is 18.8 Å². The van der Waals surface area contributed by atoms with Crippen LogP contribution in [0.5, 0.6) is 0 Å². The molecule has 0 aromatic heterocycles. The number of nitrogens with zero attached hydrogens (tertiary/aromatic N) is 1. The van der Waals surface area contributed by atoms with Crippen molar-refractivity contribution in [1.29, 1.82) is 0 Å². The van der Waals surface area contributed by atoms with Gasteiger partial charge < -0.3 is 15.0 Å². The van der Waals surface area contributed by atoms with Crippen molar-refractivity contribution in [1.82, 2.24) is 5.32 Å². The number of rotatable bonds is 5. The summed E-state index contributed by atoms with van der Waals surface area (Å²) in [5.41, 5.74) is 2.77. The zero-order valence-electron chi connectivity index (χ0n) is 15.7. The van der Waals surface area contributed by atoms with Gasteiger partial charge in [0, 0.05) is 24.7 Å². The van der Waals surface area contributed by atoms with Gasteiger partial charge in [-0.2, -0.15) is 0 Å². The number of methoxy groups -OCH3 is 1. The standard InChI is InChI=1S/C21H21FN2O4/c1-13(25)24-10-9-15-11-16(5-8-19(15)24)21(27)23-18(12-20(26)28-2)14-3-6-17(22)7-4-14/h3-8,11,18H,9-10,12H2,1-2H3,(H,23,27). The Hall–Kier alpha value is -3.22. The van der Waals surface area contributed by atoms with Gasteiger partial charge in [-0.3, -0.25) is 14.4 Å². The molecule has 0 radical (unpaired) electrons. The van der Waals surface area contributed by atoms with Crippen LogP contribution < -0.4 is 10.2 Å². The molecule has 1 aliphatic heterocycles. The lowest BCUT2D eigenvalue weighted by atomic mass is 10.0. The van der Waals surface area contributed by atoms with Crippen LogP contribution in [0.15, 0.2) is 42.5 Å². The van der Waals surface area contributed by atoms with E-state index in [1.54, 1.807) is 23.1 Å². The van der Waals surface area contributed by atoms with Crippen molar-refractivity contribution in [2.75, 3.05) is 18.6 Å². The number of carbonyl (C=O) groups excluding carboxylic acids is 3. The summed E-state index contributed by atoms with van der Waals surface area (Å²) >= 11 is 0. The van der Waals surface area contributed by atoms with E-state index in [2.05, 4.69) is 5.32 Å². The molecule has 0 fully saturated rings. The number of esters is 1. The van der Waals surface area contributed by atoms with Gasteiger partial charge in [0.2, 0.25) is 5.91 Å². The molecule has 3 rings (SSSR count). The highest BCUT2D eigenvalue weighted by molar-refractivity contribution is 5.98. The third-order valence-electron chi connectivity index (χ3n) is 4.79. The van der Waals surface area contributed by atoms with E-state index in [1.165, 1.54) is 38.3 Å². The van der Waals surface area contributed by atoms with Gasteiger partial charge in [-0.25, -0.2) is 4.39 Å². The van der Waals surface area contributed by atoms with Crippen molar-refractivity contribution in [2.45, 2.75) is 25.8 Å². The molecule has 0 saturated heterocycles. The minimum absolute atomic E-state index is 0.0367. The highest BCUT2D eigenvalue weighted by Crippen LogP contribution is 2.29. The molecule has 1 aliphatic rings. The monoisotopic (exact) mass is 384 g/mol. The molecule has 1 unspecified atom stereocenters. The van der Waals surface area contributed by atoms with Gasteiger partial charge in [0.05, 0.1) is 19.6 Å². The molecule has 2 aromatic carbocycles. The van der Waals surface area contributed by atoms with E-state index in [1.807, 2.05) is 0 Å². The molecule has 0 bridgehead atoms. The smallest absolute Gasteiger partial charge is 0.307 e. The van der Waals surface area contributed by atoms with E-state index in [-0.39, 0.29) is 18.2 Å². The topological polar surface area (TPSA) is 75.7 Å². The third kappa shape index (κ3) is 4.19. The fourth-order valence-corrected chi connectivity index (χ4v) is 3.31. The molecule has 7 heteroatoms. The van der Waals surface area contributed by atoms with Gasteiger partial charge >= 0.3 is 5.97 Å². The predicted octanol–water partition coefficient (Wildman–Crippen LogP) is 2.77. The predicted molar refractivity (Wildman–Crippen MR) is 101 cm³/mol. The van der Waals surface area contributed by atoms with Gasteiger partial charge in [-0.15, -0.1) is 0 Å². The quantitative estimate of drug-likeness (QED) is 0.805. The van der Waals surface area contributed by atoms with Crippen LogP contribution in [-0.2, 0) is 20.7 Å². The van der Waals surface area contributed by atoms with E-state index < -0.39 is 17.8 Å². The third-order valence-corrected chi connectivity index (χ3v) is 4.79. The Kier molecular flexibility index (Phi) is 5.73. The molecule has 0 saturated carbocycles. The van der Waals surface area contributed by atoms with Crippen molar-refractivity contribution in [3.8, 4) is 0 Å². The first-order valence-electron chi connectivity index (χ1n) is 8.93. The Morgan fingerprint density at radius 1 is 1.18 bits per heavy atom. The van der Waals surface area contributed by atoms with Crippen molar-refractivity contribution in [3.05, 3.63) is 65.0 Å². The van der Waals surface area contributed by atoms with Crippen LogP contribution in [0.25, 0.3) is 0 Å². The summed E-state index contributed by atoms with van der Waals surface area (Å²) in [6.45, 7) is 2.10. The fourth-order valence-electron chi connectivity index (χ4n) is 3.31. The minimum atomic E-state index is -0.650. The molecule has 146 valence electrons. The molecule has 2 aromatic rings. The Bertz CT molecular complexity index is 911. The highest BCUT2D eigenvalue weighted by atomic mass is 19.1. The first-order chi connectivity index (χ1) is 13.4. The van der Waals surface area contributed by atoms with Gasteiger partial charge in [0.25, 0.3) is 5.91 Å². The summed E-state index contributed by atoms with van der Waals surface area (Å²) in [6, 6.07) is 10.1. The summed E-state index contributed by atoms with van der Waals surface area (Å²) < 4.78 is 17.9. The Morgan fingerprint density at radius 2 is 1.89 bits per heavy atom. The number of fused-ring (bicyclic) bond motifs is 1. The van der Waals surface area contributed by atoms with Crippen molar-refractivity contribution >= 4 is 23.5 Å². The Morgan fingerprint density at radius 3 is 2.54 bits per heavy atom. The molecule has 1 atom stereocenters. The minimum Gasteiger partial charge on any atom is -0.469 e. The summed E-state index contributed by atoms with van der Waals surface area (Å²) in [5.74, 6) is -1.28. The number of halogens is 1. The second kappa shape index (κ2) is 8.21. The molecular formula is C21H21FN2O4. The average molecular weight is 384 g/mol. The molecule has 6 nitrogen and oxygen atoms in total. The number of hydrogen-bond donors (Lipinski definition) is 1. The molecular weight excluding hydrogens is 363 g/mol. The molecule has 2 amide bonds. The lowest BCUT2D eigenvalue weighted by molar-refractivity contribution is -0.141. The number of nitrogens with one attached hydrogen (secondary N) is 1. The van der Waals surface area contributed by atoms with Crippen molar-refractivity contribution in [2.24, 2.45) is 0 Å². The first-order valence-corrected chi connectivity index (χ1v) is 8.93. The molecule has 1 N–H and O–H groups in total. The highest BCUT2D eigenvalue weighted by Gasteiger charge is 2.24. The van der Waals surface area contributed by atoms with Crippen LogP contribution in [-0.4, -0.2) is 31.4 Å². The number of anilines is 1. The van der Waals surface area contributed by atoms with E-state index >= 15 is 0 Å². The van der Waals surface area contributed by atoms with Crippen molar-refractivity contribution in [3.63, 3.8) is 0 Å². The summed E-state index contributed by atoms with van der Waals surface area (Å²) in [5, 5.41) is 2.82. The second-order valence-corrected chi connectivity index (χ2v) is 6.62. The maximum atomic E-state index is 13.2. The summed E-state index contributed by atoms with van der Waals surface area (Å²) in [7, 11) is 1.27. The molecule has 28 heavy (non-hydrogen) atoms. The van der Waals surface area contributed by atoms with Gasteiger partial charge in [-0.1, -0.05) is 12.1 Å². The van der Waals surface area contributed by atoms with E-state index in [0.717, 1.165) is 11.3 Å². The average Bonchev–Trinajstić information content (AvgIpc) is 3.11. The van der Waals surface area contributed by atoms with Gasteiger partial charge in [0.1, 0.15) is 5.82 Å². The van der Waals surface area contributed by atoms with Crippen LogP contribution in [0.2, 0.25) is 0 Å². The SMILES string of the molecule is COC(=O)CC(NC(=O)c1ccc2c(c1)CCN2C(C)=O)c1ccc(F)cc1. The Balaban J connectivity index is 1.81. The van der Waals surface area contributed by atoms with Crippen LogP contribution in [0.4, 0.5) is 10.1 Å². The first kappa shape index (κ1) is 19.5. The van der Waals surface area contributed by atoms with Crippen LogP contribution in [0.3, 0.4) is 0 Å². The largest absolute Gasteiger partial charge is 0.469 e. The maximum Gasteiger partial charge on any atom is 0.307 e. The van der Waals surface area contributed by atoms with Crippen molar-refractivity contribution < 1.29 is 23.5 Å². The zero-order chi connectivity index (χ0) is 20.3. The van der Waals surface area contributed by atoms with E-state index in [4.69, 9.17) is 4.74 Å². The fraction of sp³-hybridized carbons (Fsp3) is 0.286. The van der Waals surface area contributed by atoms with Crippen LogP contribution >= 0.6 is 0 Å². The van der Waals surface area contributed by atoms with E-state index in [0.29, 0.717) is 24.1 Å². The van der Waals surface area contributed by atoms with Crippen LogP contribution in [0.1, 0.15) is 40.9 Å². The van der Waals surface area contributed by atoms with Gasteiger partial charge in [-0.05, 0) is 47.9 Å². The number of amides is 2. The Labute approximate surface area is 162 Å². The second-order valence-electron chi connectivity index (χ2n) is 6.62.